The van der Waals surface area contributed by atoms with Gasteiger partial charge in [-0.1, -0.05) is 63.2 Å². The number of urea groups is 1. The number of aryl methyl sites for hydroxylation is 1. The van der Waals surface area contributed by atoms with Crippen LogP contribution in [0.1, 0.15) is 44.7 Å². The van der Waals surface area contributed by atoms with Gasteiger partial charge in [0, 0.05) is 12.2 Å². The number of unbranched alkanes of at least 4 members (excludes halogenated alkanes) is 1. The van der Waals surface area contributed by atoms with Crippen LogP contribution in [0.25, 0.3) is 0 Å². The Hall–Kier alpha value is -2.29. The van der Waals surface area contributed by atoms with Crippen molar-refractivity contribution in [2.24, 2.45) is 0 Å². The van der Waals surface area contributed by atoms with Crippen LogP contribution in [-0.2, 0) is 11.8 Å². The summed E-state index contributed by atoms with van der Waals surface area (Å²) in [5, 5.41) is 5.79. The third-order valence-electron chi connectivity index (χ3n) is 4.03. The van der Waals surface area contributed by atoms with Gasteiger partial charge in [0.2, 0.25) is 0 Å². The third-order valence-corrected chi connectivity index (χ3v) is 4.03. The van der Waals surface area contributed by atoms with E-state index in [4.69, 9.17) is 0 Å². The minimum absolute atomic E-state index is 0.125. The first-order valence-corrected chi connectivity index (χ1v) is 8.64. The van der Waals surface area contributed by atoms with E-state index in [2.05, 4.69) is 67.8 Å². The van der Waals surface area contributed by atoms with E-state index in [9.17, 15) is 4.79 Å². The molecule has 2 aromatic rings. The number of nitrogens with one attached hydrogen (secondary N) is 2. The first-order chi connectivity index (χ1) is 11.4. The SMILES string of the molecule is CC(C)(C)c1ccc(NC(=O)NCCCCc2ccccc2)cc1. The van der Waals surface area contributed by atoms with Crippen molar-refractivity contribution >= 4 is 11.7 Å². The summed E-state index contributed by atoms with van der Waals surface area (Å²) in [6.07, 6.45) is 3.11. The Balaban J connectivity index is 1.66. The van der Waals surface area contributed by atoms with E-state index in [-0.39, 0.29) is 11.4 Å². The highest BCUT2D eigenvalue weighted by Gasteiger charge is 2.13. The molecule has 2 rings (SSSR count). The summed E-state index contributed by atoms with van der Waals surface area (Å²) in [6.45, 7) is 7.23. The predicted octanol–water partition coefficient (Wildman–Crippen LogP) is 5.13. The molecule has 128 valence electrons. The highest BCUT2D eigenvalue weighted by molar-refractivity contribution is 5.89. The molecule has 0 saturated heterocycles. The molecule has 0 aliphatic heterocycles. The Morgan fingerprint density at radius 3 is 2.21 bits per heavy atom. The van der Waals surface area contributed by atoms with Gasteiger partial charge in [0.05, 0.1) is 0 Å². The first kappa shape index (κ1) is 18.1. The average molecular weight is 324 g/mol. The highest BCUT2D eigenvalue weighted by atomic mass is 16.2. The minimum Gasteiger partial charge on any atom is -0.338 e. The zero-order chi connectivity index (χ0) is 17.4. The average Bonchev–Trinajstić information content (AvgIpc) is 2.55. The third kappa shape index (κ3) is 6.07. The summed E-state index contributed by atoms with van der Waals surface area (Å²) in [4.78, 5) is 11.9. The molecule has 0 aliphatic rings. The molecule has 0 unspecified atom stereocenters. The molecule has 24 heavy (non-hydrogen) atoms. The summed E-state index contributed by atoms with van der Waals surface area (Å²) in [5.41, 5.74) is 3.56. The summed E-state index contributed by atoms with van der Waals surface area (Å²) in [7, 11) is 0. The maximum atomic E-state index is 11.9. The van der Waals surface area contributed by atoms with Crippen LogP contribution >= 0.6 is 0 Å². The molecular weight excluding hydrogens is 296 g/mol. The largest absolute Gasteiger partial charge is 0.338 e. The lowest BCUT2D eigenvalue weighted by atomic mass is 9.87. The summed E-state index contributed by atoms with van der Waals surface area (Å²) in [5.74, 6) is 0. The normalized spacial score (nSPS) is 11.1. The van der Waals surface area contributed by atoms with Gasteiger partial charge in [-0.25, -0.2) is 4.79 Å². The molecule has 0 spiro atoms. The maximum absolute atomic E-state index is 11.9. The van der Waals surface area contributed by atoms with Crippen LogP contribution in [0.4, 0.5) is 10.5 Å². The molecule has 3 nitrogen and oxygen atoms in total. The molecule has 0 aromatic heterocycles. The van der Waals surface area contributed by atoms with Crippen molar-refractivity contribution in [2.75, 3.05) is 11.9 Å². The lowest BCUT2D eigenvalue weighted by Crippen LogP contribution is -2.29. The number of carbonyl (C=O) groups excluding carboxylic acids is 1. The Kier molecular flexibility index (Phi) is 6.42. The summed E-state index contributed by atoms with van der Waals surface area (Å²) < 4.78 is 0. The Morgan fingerprint density at radius 1 is 0.917 bits per heavy atom. The predicted molar refractivity (Wildman–Crippen MR) is 102 cm³/mol. The van der Waals surface area contributed by atoms with E-state index < -0.39 is 0 Å². The fraction of sp³-hybridized carbons (Fsp3) is 0.381. The van der Waals surface area contributed by atoms with Crippen molar-refractivity contribution in [3.63, 3.8) is 0 Å². The lowest BCUT2D eigenvalue weighted by Gasteiger charge is -2.19. The Morgan fingerprint density at radius 2 is 1.58 bits per heavy atom. The molecule has 2 N–H and O–H groups in total. The van der Waals surface area contributed by atoms with Crippen LogP contribution in [0, 0.1) is 0 Å². The van der Waals surface area contributed by atoms with Gasteiger partial charge >= 0.3 is 6.03 Å². The van der Waals surface area contributed by atoms with Crippen LogP contribution in [0.5, 0.6) is 0 Å². The first-order valence-electron chi connectivity index (χ1n) is 8.64. The number of hydrogen-bond acceptors (Lipinski definition) is 1. The standard InChI is InChI=1S/C21H28N2O/c1-21(2,3)18-12-14-19(15-13-18)23-20(24)22-16-8-7-11-17-9-5-4-6-10-17/h4-6,9-10,12-15H,7-8,11,16H2,1-3H3,(H2,22,23,24). The van der Waals surface area contributed by atoms with Gasteiger partial charge in [-0.15, -0.1) is 0 Å². The number of carbonyl (C=O) groups is 1. The zero-order valence-electron chi connectivity index (χ0n) is 14.9. The molecular formula is C21H28N2O. The van der Waals surface area contributed by atoms with Crippen molar-refractivity contribution in [1.29, 1.82) is 0 Å². The quantitative estimate of drug-likeness (QED) is 0.711. The molecule has 0 saturated carbocycles. The summed E-state index contributed by atoms with van der Waals surface area (Å²) in [6, 6.07) is 18.3. The number of anilines is 1. The van der Waals surface area contributed by atoms with Crippen LogP contribution in [0.15, 0.2) is 54.6 Å². The fourth-order valence-corrected chi connectivity index (χ4v) is 2.53. The van der Waals surface area contributed by atoms with E-state index in [1.807, 2.05) is 18.2 Å². The monoisotopic (exact) mass is 324 g/mol. The van der Waals surface area contributed by atoms with Crippen molar-refractivity contribution in [1.82, 2.24) is 5.32 Å². The molecule has 2 aromatic carbocycles. The second-order valence-electron chi connectivity index (χ2n) is 7.15. The van der Waals surface area contributed by atoms with E-state index in [1.54, 1.807) is 0 Å². The lowest BCUT2D eigenvalue weighted by molar-refractivity contribution is 0.252. The van der Waals surface area contributed by atoms with E-state index in [0.29, 0.717) is 6.54 Å². The van der Waals surface area contributed by atoms with E-state index in [0.717, 1.165) is 24.9 Å². The van der Waals surface area contributed by atoms with Gasteiger partial charge in [0.25, 0.3) is 0 Å². The number of rotatable bonds is 6. The van der Waals surface area contributed by atoms with E-state index in [1.165, 1.54) is 11.1 Å². The van der Waals surface area contributed by atoms with Crippen molar-refractivity contribution in [2.45, 2.75) is 45.4 Å². The molecule has 0 bridgehead atoms. The molecule has 2 amide bonds. The van der Waals surface area contributed by atoms with Crippen molar-refractivity contribution < 1.29 is 4.79 Å². The maximum Gasteiger partial charge on any atom is 0.319 e. The van der Waals surface area contributed by atoms with Gasteiger partial charge in [0.1, 0.15) is 0 Å². The number of amides is 2. The Labute approximate surface area is 145 Å². The topological polar surface area (TPSA) is 41.1 Å². The molecule has 3 heteroatoms. The van der Waals surface area contributed by atoms with E-state index >= 15 is 0 Å². The molecule has 0 radical (unpaired) electrons. The molecule has 0 heterocycles. The van der Waals surface area contributed by atoms with Gasteiger partial charge < -0.3 is 10.6 Å². The smallest absolute Gasteiger partial charge is 0.319 e. The molecule has 0 fully saturated rings. The summed E-state index contributed by atoms with van der Waals surface area (Å²) >= 11 is 0. The fourth-order valence-electron chi connectivity index (χ4n) is 2.53. The second kappa shape index (κ2) is 8.53. The zero-order valence-corrected chi connectivity index (χ0v) is 14.9. The van der Waals surface area contributed by atoms with Crippen LogP contribution < -0.4 is 10.6 Å². The van der Waals surface area contributed by atoms with Gasteiger partial charge in [0.15, 0.2) is 0 Å². The van der Waals surface area contributed by atoms with Crippen LogP contribution in [0.3, 0.4) is 0 Å². The number of hydrogen-bond donors (Lipinski definition) is 2. The van der Waals surface area contributed by atoms with Gasteiger partial charge in [-0.3, -0.25) is 0 Å². The second-order valence-corrected chi connectivity index (χ2v) is 7.15. The van der Waals surface area contributed by atoms with Gasteiger partial charge in [-0.05, 0) is 47.9 Å². The molecule has 0 atom stereocenters. The van der Waals surface area contributed by atoms with Crippen LogP contribution in [0.2, 0.25) is 0 Å². The van der Waals surface area contributed by atoms with Gasteiger partial charge in [-0.2, -0.15) is 0 Å². The highest BCUT2D eigenvalue weighted by Crippen LogP contribution is 2.23. The Bertz CT molecular complexity index is 627. The van der Waals surface area contributed by atoms with Crippen molar-refractivity contribution in [3.8, 4) is 0 Å². The molecule has 0 aliphatic carbocycles. The van der Waals surface area contributed by atoms with Crippen molar-refractivity contribution in [3.05, 3.63) is 65.7 Å². The minimum atomic E-state index is -0.141. The number of benzene rings is 2. The van der Waals surface area contributed by atoms with Crippen LogP contribution in [-0.4, -0.2) is 12.6 Å².